The van der Waals surface area contributed by atoms with Gasteiger partial charge in [0.1, 0.15) is 0 Å². The second kappa shape index (κ2) is 5.66. The van der Waals surface area contributed by atoms with Crippen molar-refractivity contribution in [1.82, 2.24) is 5.43 Å². The van der Waals surface area contributed by atoms with Gasteiger partial charge in [-0.1, -0.05) is 6.92 Å². The van der Waals surface area contributed by atoms with Gasteiger partial charge >= 0.3 is 0 Å². The quantitative estimate of drug-likeness (QED) is 0.380. The Balaban J connectivity index is 2.35. The van der Waals surface area contributed by atoms with Gasteiger partial charge in [-0.15, -0.1) is 0 Å². The van der Waals surface area contributed by atoms with Crippen molar-refractivity contribution in [2.45, 2.75) is 44.8 Å². The Labute approximate surface area is 86.1 Å². The highest BCUT2D eigenvalue weighted by atomic mass is 16.5. The van der Waals surface area contributed by atoms with Crippen molar-refractivity contribution in [2.24, 2.45) is 5.84 Å². The first-order valence-electron chi connectivity index (χ1n) is 5.41. The van der Waals surface area contributed by atoms with E-state index in [-0.39, 0.29) is 11.6 Å². The Hall–Kier alpha value is -0.160. The Kier molecular flexibility index (Phi) is 4.81. The lowest BCUT2D eigenvalue weighted by molar-refractivity contribution is -0.0393. The molecule has 0 aliphatic carbocycles. The molecule has 1 rings (SSSR count). The van der Waals surface area contributed by atoms with E-state index in [1.165, 1.54) is 0 Å². The van der Waals surface area contributed by atoms with Gasteiger partial charge in [0.15, 0.2) is 0 Å². The van der Waals surface area contributed by atoms with E-state index in [1.54, 1.807) is 0 Å². The molecule has 0 amide bonds. The summed E-state index contributed by atoms with van der Waals surface area (Å²) in [5.74, 6) is 5.51. The second-order valence-corrected chi connectivity index (χ2v) is 4.06. The van der Waals surface area contributed by atoms with Gasteiger partial charge in [-0.3, -0.25) is 11.3 Å². The van der Waals surface area contributed by atoms with Crippen LogP contribution in [0.25, 0.3) is 0 Å². The van der Waals surface area contributed by atoms with E-state index in [0.717, 1.165) is 32.5 Å². The average Bonchev–Trinajstić information content (AvgIpc) is 2.61. The van der Waals surface area contributed by atoms with Crippen LogP contribution in [0.2, 0.25) is 0 Å². The van der Waals surface area contributed by atoms with Crippen molar-refractivity contribution in [2.75, 3.05) is 19.8 Å². The molecule has 2 atom stereocenters. The lowest BCUT2D eigenvalue weighted by Gasteiger charge is -2.32. The lowest BCUT2D eigenvalue weighted by Crippen LogP contribution is -2.54. The zero-order valence-electron chi connectivity index (χ0n) is 9.21. The smallest absolute Gasteiger partial charge is 0.0843 e. The molecule has 0 aromatic rings. The van der Waals surface area contributed by atoms with Crippen molar-refractivity contribution < 1.29 is 9.47 Å². The van der Waals surface area contributed by atoms with E-state index in [9.17, 15) is 0 Å². The van der Waals surface area contributed by atoms with Gasteiger partial charge < -0.3 is 9.47 Å². The molecule has 0 spiro atoms. The molecule has 0 radical (unpaired) electrons. The average molecular weight is 202 g/mol. The molecule has 0 bridgehead atoms. The Morgan fingerprint density at radius 2 is 2.43 bits per heavy atom. The monoisotopic (exact) mass is 202 g/mol. The largest absolute Gasteiger partial charge is 0.380 e. The molecule has 0 aromatic heterocycles. The minimum Gasteiger partial charge on any atom is -0.380 e. The highest BCUT2D eigenvalue weighted by Crippen LogP contribution is 2.28. The third-order valence-electron chi connectivity index (χ3n) is 2.82. The molecule has 0 saturated carbocycles. The molecule has 84 valence electrons. The zero-order chi connectivity index (χ0) is 10.4. The second-order valence-electron chi connectivity index (χ2n) is 4.06. The summed E-state index contributed by atoms with van der Waals surface area (Å²) in [5, 5.41) is 0. The van der Waals surface area contributed by atoms with E-state index < -0.39 is 0 Å². The number of nitrogens with one attached hydrogen (secondary N) is 1. The molecule has 1 saturated heterocycles. The highest BCUT2D eigenvalue weighted by molar-refractivity contribution is 4.91. The van der Waals surface area contributed by atoms with E-state index in [2.05, 4.69) is 19.3 Å². The van der Waals surface area contributed by atoms with Gasteiger partial charge in [-0.05, 0) is 26.2 Å². The fourth-order valence-corrected chi connectivity index (χ4v) is 1.82. The topological polar surface area (TPSA) is 56.5 Å². The minimum absolute atomic E-state index is 0.0940. The molecule has 1 heterocycles. The van der Waals surface area contributed by atoms with Crippen LogP contribution < -0.4 is 11.3 Å². The number of hydrogen-bond donors (Lipinski definition) is 2. The van der Waals surface area contributed by atoms with Crippen LogP contribution in [0.5, 0.6) is 0 Å². The number of nitrogens with two attached hydrogens (primary N) is 1. The number of hydrogen-bond acceptors (Lipinski definition) is 4. The summed E-state index contributed by atoms with van der Waals surface area (Å²) in [6.45, 7) is 6.44. The zero-order valence-corrected chi connectivity index (χ0v) is 9.21. The van der Waals surface area contributed by atoms with Crippen LogP contribution in [0.4, 0.5) is 0 Å². The molecule has 1 aliphatic rings. The van der Waals surface area contributed by atoms with Gasteiger partial charge in [-0.25, -0.2) is 0 Å². The standard InChI is InChI=1S/C10H22N2O2/c1-3-6-13-8-9(12-11)10(2)5-4-7-14-10/h9,12H,3-8,11H2,1-2H3. The van der Waals surface area contributed by atoms with Crippen LogP contribution in [0.15, 0.2) is 0 Å². The molecule has 2 unspecified atom stereocenters. The summed E-state index contributed by atoms with van der Waals surface area (Å²) >= 11 is 0. The Morgan fingerprint density at radius 3 is 2.93 bits per heavy atom. The maximum absolute atomic E-state index is 5.70. The summed E-state index contributed by atoms with van der Waals surface area (Å²) in [7, 11) is 0. The molecule has 14 heavy (non-hydrogen) atoms. The number of hydrazine groups is 1. The van der Waals surface area contributed by atoms with E-state index in [1.807, 2.05) is 0 Å². The van der Waals surface area contributed by atoms with E-state index in [4.69, 9.17) is 15.3 Å². The SMILES string of the molecule is CCCOCC(NN)C1(C)CCCO1. The first-order valence-corrected chi connectivity index (χ1v) is 5.41. The molecule has 1 fully saturated rings. The van der Waals surface area contributed by atoms with Crippen LogP contribution in [-0.4, -0.2) is 31.5 Å². The first kappa shape index (κ1) is 11.9. The van der Waals surface area contributed by atoms with Gasteiger partial charge in [0.05, 0.1) is 18.2 Å². The summed E-state index contributed by atoms with van der Waals surface area (Å²) in [4.78, 5) is 0. The van der Waals surface area contributed by atoms with Crippen molar-refractivity contribution in [1.29, 1.82) is 0 Å². The van der Waals surface area contributed by atoms with Crippen LogP contribution >= 0.6 is 0 Å². The van der Waals surface area contributed by atoms with E-state index >= 15 is 0 Å². The Morgan fingerprint density at radius 1 is 1.64 bits per heavy atom. The van der Waals surface area contributed by atoms with Gasteiger partial charge in [0, 0.05) is 13.2 Å². The van der Waals surface area contributed by atoms with Crippen LogP contribution in [-0.2, 0) is 9.47 Å². The minimum atomic E-state index is -0.150. The maximum atomic E-state index is 5.70. The Bertz CT molecular complexity index is 158. The number of rotatable bonds is 6. The molecular weight excluding hydrogens is 180 g/mol. The van der Waals surface area contributed by atoms with Crippen molar-refractivity contribution >= 4 is 0 Å². The fourth-order valence-electron chi connectivity index (χ4n) is 1.82. The predicted molar refractivity (Wildman–Crippen MR) is 55.8 cm³/mol. The van der Waals surface area contributed by atoms with Gasteiger partial charge in [0.2, 0.25) is 0 Å². The van der Waals surface area contributed by atoms with Crippen LogP contribution in [0.1, 0.15) is 33.1 Å². The highest BCUT2D eigenvalue weighted by Gasteiger charge is 2.37. The summed E-state index contributed by atoms with van der Waals surface area (Å²) in [6.07, 6.45) is 3.20. The normalized spacial score (nSPS) is 29.4. The van der Waals surface area contributed by atoms with Crippen molar-refractivity contribution in [3.05, 3.63) is 0 Å². The van der Waals surface area contributed by atoms with Crippen molar-refractivity contribution in [3.63, 3.8) is 0 Å². The van der Waals surface area contributed by atoms with Crippen LogP contribution in [0.3, 0.4) is 0 Å². The molecule has 4 nitrogen and oxygen atoms in total. The summed E-state index contributed by atoms with van der Waals surface area (Å²) in [6, 6.07) is 0.0940. The summed E-state index contributed by atoms with van der Waals surface area (Å²) in [5.41, 5.74) is 2.64. The van der Waals surface area contributed by atoms with Gasteiger partial charge in [-0.2, -0.15) is 0 Å². The third-order valence-corrected chi connectivity index (χ3v) is 2.82. The lowest BCUT2D eigenvalue weighted by atomic mass is 9.94. The summed E-state index contributed by atoms with van der Waals surface area (Å²) < 4.78 is 11.2. The van der Waals surface area contributed by atoms with Crippen molar-refractivity contribution in [3.8, 4) is 0 Å². The predicted octanol–water partition coefficient (Wildman–Crippen LogP) is 0.814. The maximum Gasteiger partial charge on any atom is 0.0843 e. The first-order chi connectivity index (χ1) is 6.73. The number of ether oxygens (including phenoxy) is 2. The fraction of sp³-hybridized carbons (Fsp3) is 1.00. The molecule has 1 aliphatic heterocycles. The molecule has 4 heteroatoms. The molecular formula is C10H22N2O2. The van der Waals surface area contributed by atoms with E-state index in [0.29, 0.717) is 6.61 Å². The van der Waals surface area contributed by atoms with Crippen LogP contribution in [0, 0.1) is 0 Å². The third kappa shape index (κ3) is 2.92. The molecule has 0 aromatic carbocycles. The van der Waals surface area contributed by atoms with Gasteiger partial charge in [0.25, 0.3) is 0 Å². The molecule has 3 N–H and O–H groups in total.